The first kappa shape index (κ1) is 16.3. The first-order valence-electron chi connectivity index (χ1n) is 7.36. The predicted octanol–water partition coefficient (Wildman–Crippen LogP) is 3.47. The molecular formula is C17H15FN4OS. The summed E-state index contributed by atoms with van der Waals surface area (Å²) >= 11 is 1.24. The van der Waals surface area contributed by atoms with Gasteiger partial charge in [0.1, 0.15) is 5.82 Å². The van der Waals surface area contributed by atoms with Gasteiger partial charge in [0.05, 0.1) is 10.9 Å². The molecule has 0 radical (unpaired) electrons. The van der Waals surface area contributed by atoms with E-state index in [-0.39, 0.29) is 16.9 Å². The minimum atomic E-state index is -0.372. The van der Waals surface area contributed by atoms with Crippen LogP contribution in [0.4, 0.5) is 4.39 Å². The van der Waals surface area contributed by atoms with Crippen LogP contribution in [0, 0.1) is 12.7 Å². The Hall–Kier alpha value is -2.54. The Morgan fingerprint density at radius 2 is 1.96 bits per heavy atom. The van der Waals surface area contributed by atoms with E-state index in [1.54, 1.807) is 19.1 Å². The van der Waals surface area contributed by atoms with Crippen molar-refractivity contribution in [1.29, 1.82) is 0 Å². The lowest BCUT2D eigenvalue weighted by Gasteiger charge is -2.10. The molecule has 0 saturated carbocycles. The van der Waals surface area contributed by atoms with Crippen molar-refractivity contribution >= 4 is 17.5 Å². The first-order chi connectivity index (χ1) is 11.5. The normalized spacial score (nSPS) is 12.1. The lowest BCUT2D eigenvalue weighted by molar-refractivity contribution is 0.0994. The molecule has 7 heteroatoms. The maximum atomic E-state index is 13.4. The largest absolute Gasteiger partial charge is 0.293 e. The van der Waals surface area contributed by atoms with Crippen LogP contribution in [0.15, 0.2) is 53.7 Å². The average Bonchev–Trinajstić information content (AvgIpc) is 3.03. The summed E-state index contributed by atoms with van der Waals surface area (Å²) < 4.78 is 14.8. The molecule has 0 aliphatic heterocycles. The van der Waals surface area contributed by atoms with Crippen LogP contribution in [0.5, 0.6) is 0 Å². The number of hydrogen-bond acceptors (Lipinski definition) is 5. The van der Waals surface area contributed by atoms with Gasteiger partial charge in [0.15, 0.2) is 5.78 Å². The highest BCUT2D eigenvalue weighted by Gasteiger charge is 2.20. The fraction of sp³-hybridized carbons (Fsp3) is 0.176. The minimum Gasteiger partial charge on any atom is -0.293 e. The molecule has 5 nitrogen and oxygen atoms in total. The van der Waals surface area contributed by atoms with Gasteiger partial charge in [0.2, 0.25) is 5.16 Å². The van der Waals surface area contributed by atoms with Gasteiger partial charge in [-0.05, 0) is 42.5 Å². The fourth-order valence-electron chi connectivity index (χ4n) is 2.19. The third kappa shape index (κ3) is 3.51. The standard InChI is InChI=1S/C17H15FN4OS/c1-11-6-8-13(9-7-11)16(23)12(2)24-17-19-20-21-22(17)15-5-3-4-14(18)10-15/h3-10,12H,1-2H3/t12-/m1/s1. The molecule has 0 aliphatic rings. The van der Waals surface area contributed by atoms with Crippen molar-refractivity contribution in [3.8, 4) is 5.69 Å². The van der Waals surface area contributed by atoms with E-state index in [9.17, 15) is 9.18 Å². The van der Waals surface area contributed by atoms with Crippen LogP contribution < -0.4 is 0 Å². The van der Waals surface area contributed by atoms with Crippen LogP contribution >= 0.6 is 11.8 Å². The van der Waals surface area contributed by atoms with Gasteiger partial charge in [0, 0.05) is 5.56 Å². The molecule has 0 aliphatic carbocycles. The second kappa shape index (κ2) is 6.92. The molecule has 1 aromatic heterocycles. The lowest BCUT2D eigenvalue weighted by Crippen LogP contribution is -2.14. The van der Waals surface area contributed by atoms with Crippen LogP contribution in [0.2, 0.25) is 0 Å². The van der Waals surface area contributed by atoms with Crippen molar-refractivity contribution in [2.75, 3.05) is 0 Å². The van der Waals surface area contributed by atoms with E-state index in [4.69, 9.17) is 0 Å². The van der Waals surface area contributed by atoms with E-state index in [1.165, 1.54) is 28.6 Å². The van der Waals surface area contributed by atoms with Crippen LogP contribution in [0.3, 0.4) is 0 Å². The van der Waals surface area contributed by atoms with Crippen molar-refractivity contribution in [3.05, 3.63) is 65.5 Å². The molecule has 3 rings (SSSR count). The zero-order valence-electron chi connectivity index (χ0n) is 13.2. The maximum Gasteiger partial charge on any atom is 0.214 e. The number of aromatic nitrogens is 4. The van der Waals surface area contributed by atoms with Crippen molar-refractivity contribution in [2.45, 2.75) is 24.3 Å². The second-order valence-electron chi connectivity index (χ2n) is 5.34. The number of thioether (sulfide) groups is 1. The summed E-state index contributed by atoms with van der Waals surface area (Å²) in [7, 11) is 0. The summed E-state index contributed by atoms with van der Waals surface area (Å²) in [5.41, 5.74) is 2.25. The predicted molar refractivity (Wildman–Crippen MR) is 89.9 cm³/mol. The average molecular weight is 342 g/mol. The number of carbonyl (C=O) groups is 1. The van der Waals surface area contributed by atoms with Crippen LogP contribution in [0.25, 0.3) is 5.69 Å². The molecule has 24 heavy (non-hydrogen) atoms. The van der Waals surface area contributed by atoms with Gasteiger partial charge in [-0.3, -0.25) is 4.79 Å². The van der Waals surface area contributed by atoms with Gasteiger partial charge in [-0.1, -0.05) is 47.7 Å². The Bertz CT molecular complexity index is 863. The van der Waals surface area contributed by atoms with Crippen LogP contribution in [-0.2, 0) is 0 Å². The van der Waals surface area contributed by atoms with Gasteiger partial charge < -0.3 is 0 Å². The molecule has 2 aromatic carbocycles. The third-order valence-corrected chi connectivity index (χ3v) is 4.51. The topological polar surface area (TPSA) is 60.7 Å². The van der Waals surface area contributed by atoms with Crippen LogP contribution in [-0.4, -0.2) is 31.2 Å². The van der Waals surface area contributed by atoms with Crippen LogP contribution in [0.1, 0.15) is 22.8 Å². The summed E-state index contributed by atoms with van der Waals surface area (Å²) in [6.45, 7) is 3.77. The molecule has 122 valence electrons. The molecule has 0 amide bonds. The zero-order valence-corrected chi connectivity index (χ0v) is 14.0. The van der Waals surface area contributed by atoms with E-state index in [2.05, 4.69) is 15.5 Å². The number of tetrazole rings is 1. The monoisotopic (exact) mass is 342 g/mol. The number of aryl methyl sites for hydroxylation is 1. The highest BCUT2D eigenvalue weighted by molar-refractivity contribution is 8.00. The van der Waals surface area contributed by atoms with Crippen molar-refractivity contribution in [2.24, 2.45) is 0 Å². The quantitative estimate of drug-likeness (QED) is 0.525. The summed E-state index contributed by atoms with van der Waals surface area (Å²) in [6, 6.07) is 13.4. The number of hydrogen-bond donors (Lipinski definition) is 0. The number of halogens is 1. The Balaban J connectivity index is 1.80. The first-order valence-corrected chi connectivity index (χ1v) is 8.24. The molecule has 0 saturated heterocycles. The van der Waals surface area contributed by atoms with E-state index >= 15 is 0 Å². The molecule has 0 N–H and O–H groups in total. The van der Waals surface area contributed by atoms with Gasteiger partial charge in [-0.2, -0.15) is 4.68 Å². The van der Waals surface area contributed by atoms with E-state index in [1.807, 2.05) is 31.2 Å². The zero-order chi connectivity index (χ0) is 17.1. The Labute approximate surface area is 142 Å². The van der Waals surface area contributed by atoms with Gasteiger partial charge in [-0.25, -0.2) is 4.39 Å². The maximum absolute atomic E-state index is 13.4. The summed E-state index contributed by atoms with van der Waals surface area (Å²) in [6.07, 6.45) is 0. The lowest BCUT2D eigenvalue weighted by atomic mass is 10.1. The number of rotatable bonds is 5. The number of ketones is 1. The molecule has 1 atom stereocenters. The highest BCUT2D eigenvalue weighted by Crippen LogP contribution is 2.25. The van der Waals surface area contributed by atoms with Crippen molar-refractivity contribution in [3.63, 3.8) is 0 Å². The van der Waals surface area contributed by atoms with Crippen molar-refractivity contribution < 1.29 is 9.18 Å². The minimum absolute atomic E-state index is 0.00575. The van der Waals surface area contributed by atoms with Gasteiger partial charge in [0.25, 0.3) is 0 Å². The number of nitrogens with zero attached hydrogens (tertiary/aromatic N) is 4. The summed E-state index contributed by atoms with van der Waals surface area (Å²) in [5.74, 6) is -0.378. The second-order valence-corrected chi connectivity index (χ2v) is 6.65. The summed E-state index contributed by atoms with van der Waals surface area (Å²) in [5, 5.41) is 11.5. The molecular weight excluding hydrogens is 327 g/mol. The molecule has 0 spiro atoms. The molecule has 3 aromatic rings. The Kier molecular flexibility index (Phi) is 4.71. The summed E-state index contributed by atoms with van der Waals surface area (Å²) in [4.78, 5) is 12.5. The van der Waals surface area contributed by atoms with Gasteiger partial charge >= 0.3 is 0 Å². The smallest absolute Gasteiger partial charge is 0.214 e. The molecule has 0 fully saturated rings. The molecule has 0 bridgehead atoms. The third-order valence-electron chi connectivity index (χ3n) is 3.48. The Morgan fingerprint density at radius 3 is 2.67 bits per heavy atom. The number of Topliss-reactive ketones (excluding diaryl/α,β-unsaturated/α-hetero) is 1. The van der Waals surface area contributed by atoms with Crippen molar-refractivity contribution in [1.82, 2.24) is 20.2 Å². The van der Waals surface area contributed by atoms with E-state index in [0.29, 0.717) is 16.4 Å². The Morgan fingerprint density at radius 1 is 1.21 bits per heavy atom. The molecule has 1 heterocycles. The highest BCUT2D eigenvalue weighted by atomic mass is 32.2. The fourth-order valence-corrected chi connectivity index (χ4v) is 3.07. The van der Waals surface area contributed by atoms with E-state index in [0.717, 1.165) is 5.56 Å². The van der Waals surface area contributed by atoms with Gasteiger partial charge in [-0.15, -0.1) is 5.10 Å². The number of benzene rings is 2. The number of carbonyl (C=O) groups excluding carboxylic acids is 1. The van der Waals surface area contributed by atoms with E-state index < -0.39 is 0 Å². The SMILES string of the molecule is Cc1ccc(C(=O)[C@@H](C)Sc2nnnn2-c2cccc(F)c2)cc1. The molecule has 0 unspecified atom stereocenters.